The van der Waals surface area contributed by atoms with Gasteiger partial charge in [0.15, 0.2) is 0 Å². The number of halogens is 3. The van der Waals surface area contributed by atoms with E-state index in [0.717, 1.165) is 5.56 Å². The first-order chi connectivity index (χ1) is 13.0. The maximum atomic E-state index is 13.0. The second kappa shape index (κ2) is 7.33. The minimum Gasteiger partial charge on any atom is -0.489 e. The molecule has 2 aromatic rings. The molecule has 0 N–H and O–H groups in total. The minimum absolute atomic E-state index is 0.156. The van der Waals surface area contributed by atoms with Gasteiger partial charge in [-0.25, -0.2) is 0 Å². The molecule has 28 heavy (non-hydrogen) atoms. The highest BCUT2D eigenvalue weighted by atomic mass is 19.4. The van der Waals surface area contributed by atoms with Crippen molar-refractivity contribution in [1.29, 1.82) is 0 Å². The van der Waals surface area contributed by atoms with Gasteiger partial charge in [-0.15, -0.1) is 13.2 Å². The van der Waals surface area contributed by atoms with Gasteiger partial charge in [-0.3, -0.25) is 0 Å². The first-order valence-electron chi connectivity index (χ1n) is 8.89. The van der Waals surface area contributed by atoms with Gasteiger partial charge in [0.2, 0.25) is 0 Å². The number of rotatable bonds is 5. The number of hydrogen-bond donors (Lipinski definition) is 0. The largest absolute Gasteiger partial charge is 0.573 e. The van der Waals surface area contributed by atoms with E-state index < -0.39 is 30.4 Å². The lowest BCUT2D eigenvalue weighted by molar-refractivity contribution is -0.274. The summed E-state index contributed by atoms with van der Waals surface area (Å²) in [6, 6.07) is 13.6. The molecule has 0 aliphatic carbocycles. The number of benzene rings is 2. The van der Waals surface area contributed by atoms with Crippen molar-refractivity contribution in [2.45, 2.75) is 51.9 Å². The molecule has 1 aliphatic rings. The predicted octanol–water partition coefficient (Wildman–Crippen LogP) is 4.46. The molecule has 0 bridgehead atoms. The summed E-state index contributed by atoms with van der Waals surface area (Å²) in [5, 5.41) is 0. The highest BCUT2D eigenvalue weighted by molar-refractivity contribution is 6.63. The Kier molecular flexibility index (Phi) is 5.38. The van der Waals surface area contributed by atoms with Crippen LogP contribution in [0.2, 0.25) is 0 Å². The van der Waals surface area contributed by atoms with Crippen LogP contribution in [0.25, 0.3) is 0 Å². The summed E-state index contributed by atoms with van der Waals surface area (Å²) in [5.41, 5.74) is -0.315. The molecule has 0 radical (unpaired) electrons. The maximum Gasteiger partial charge on any atom is 0.573 e. The third kappa shape index (κ3) is 4.62. The summed E-state index contributed by atoms with van der Waals surface area (Å²) in [5.74, 6) is -0.153. The van der Waals surface area contributed by atoms with Crippen molar-refractivity contribution in [1.82, 2.24) is 0 Å². The van der Waals surface area contributed by atoms with Crippen molar-refractivity contribution in [2.24, 2.45) is 0 Å². The molecule has 0 unspecified atom stereocenters. The van der Waals surface area contributed by atoms with Crippen molar-refractivity contribution in [3.05, 3.63) is 54.1 Å². The van der Waals surface area contributed by atoms with Crippen LogP contribution in [0.5, 0.6) is 11.5 Å². The molecule has 0 spiro atoms. The van der Waals surface area contributed by atoms with E-state index in [4.69, 9.17) is 14.0 Å². The van der Waals surface area contributed by atoms with Crippen LogP contribution < -0.4 is 14.9 Å². The summed E-state index contributed by atoms with van der Waals surface area (Å²) in [6.07, 6.45) is -4.85. The summed E-state index contributed by atoms with van der Waals surface area (Å²) >= 11 is 0. The first-order valence-corrected chi connectivity index (χ1v) is 8.89. The average Bonchev–Trinajstić information content (AvgIpc) is 2.80. The molecule has 0 atom stereocenters. The van der Waals surface area contributed by atoms with Gasteiger partial charge < -0.3 is 18.8 Å². The number of hydrogen-bond acceptors (Lipinski definition) is 4. The van der Waals surface area contributed by atoms with Crippen molar-refractivity contribution < 1.29 is 32.0 Å². The minimum atomic E-state index is -4.85. The van der Waals surface area contributed by atoms with Gasteiger partial charge in [-0.05, 0) is 39.3 Å². The van der Waals surface area contributed by atoms with E-state index in [2.05, 4.69) is 4.74 Å². The van der Waals surface area contributed by atoms with E-state index in [-0.39, 0.29) is 17.8 Å². The molecule has 2 aromatic carbocycles. The molecular weight excluding hydrogens is 372 g/mol. The van der Waals surface area contributed by atoms with Gasteiger partial charge in [0.25, 0.3) is 0 Å². The molecule has 8 heteroatoms. The molecule has 1 aliphatic heterocycles. The monoisotopic (exact) mass is 394 g/mol. The van der Waals surface area contributed by atoms with Crippen molar-refractivity contribution in [2.75, 3.05) is 0 Å². The fourth-order valence-electron chi connectivity index (χ4n) is 2.72. The quantitative estimate of drug-likeness (QED) is 0.702. The zero-order valence-electron chi connectivity index (χ0n) is 16.2. The van der Waals surface area contributed by atoms with E-state index in [1.54, 1.807) is 6.07 Å². The Morgan fingerprint density at radius 2 is 1.54 bits per heavy atom. The first kappa shape index (κ1) is 20.5. The van der Waals surface area contributed by atoms with Crippen LogP contribution in [0.1, 0.15) is 33.3 Å². The second-order valence-corrected chi connectivity index (χ2v) is 7.61. The standard InChI is InChI=1S/C20H22BF3O4/c1-18(2)19(3,4)28-21(27-18)16-11-10-15(12-17(16)26-20(22,23)24)25-13-14-8-6-5-7-9-14/h5-12H,13H2,1-4H3. The van der Waals surface area contributed by atoms with Crippen LogP contribution >= 0.6 is 0 Å². The number of alkyl halides is 3. The van der Waals surface area contributed by atoms with Crippen LogP contribution in [0, 0.1) is 0 Å². The molecule has 3 rings (SSSR count). The molecule has 0 amide bonds. The van der Waals surface area contributed by atoms with Crippen LogP contribution in [0.3, 0.4) is 0 Å². The van der Waals surface area contributed by atoms with E-state index in [1.807, 2.05) is 58.0 Å². The van der Waals surface area contributed by atoms with Crippen LogP contribution in [0.4, 0.5) is 13.2 Å². The molecule has 4 nitrogen and oxygen atoms in total. The lowest BCUT2D eigenvalue weighted by Gasteiger charge is -2.32. The molecule has 0 aromatic heterocycles. The fraction of sp³-hybridized carbons (Fsp3) is 0.400. The second-order valence-electron chi connectivity index (χ2n) is 7.61. The van der Waals surface area contributed by atoms with Crippen LogP contribution in [0.15, 0.2) is 48.5 Å². The molecule has 1 fully saturated rings. The lowest BCUT2D eigenvalue weighted by Crippen LogP contribution is -2.41. The summed E-state index contributed by atoms with van der Waals surface area (Å²) in [7, 11) is -0.981. The van der Waals surface area contributed by atoms with Gasteiger partial charge in [-0.1, -0.05) is 36.4 Å². The maximum absolute atomic E-state index is 13.0. The van der Waals surface area contributed by atoms with Crippen molar-refractivity contribution in [3.63, 3.8) is 0 Å². The average molecular weight is 394 g/mol. The van der Waals surface area contributed by atoms with Crippen LogP contribution in [-0.2, 0) is 15.9 Å². The van der Waals surface area contributed by atoms with Gasteiger partial charge in [0.1, 0.15) is 18.1 Å². The van der Waals surface area contributed by atoms with Crippen molar-refractivity contribution >= 4 is 12.6 Å². The third-order valence-electron chi connectivity index (χ3n) is 4.97. The Hall–Kier alpha value is -2.19. The number of ether oxygens (including phenoxy) is 2. The van der Waals surface area contributed by atoms with Gasteiger partial charge >= 0.3 is 13.5 Å². The Morgan fingerprint density at radius 3 is 2.11 bits per heavy atom. The van der Waals surface area contributed by atoms with Gasteiger partial charge in [0.05, 0.1) is 11.2 Å². The molecule has 0 saturated carbocycles. The zero-order valence-corrected chi connectivity index (χ0v) is 16.2. The lowest BCUT2D eigenvalue weighted by atomic mass is 9.78. The van der Waals surface area contributed by atoms with Gasteiger partial charge in [0, 0.05) is 11.5 Å². The topological polar surface area (TPSA) is 36.9 Å². The summed E-state index contributed by atoms with van der Waals surface area (Å²) < 4.78 is 60.4. The summed E-state index contributed by atoms with van der Waals surface area (Å²) in [6.45, 7) is 7.54. The third-order valence-corrected chi connectivity index (χ3v) is 4.97. The Labute approximate surface area is 162 Å². The highest BCUT2D eigenvalue weighted by Crippen LogP contribution is 2.38. The molecule has 1 saturated heterocycles. The Morgan fingerprint density at radius 1 is 0.929 bits per heavy atom. The van der Waals surface area contributed by atoms with Crippen LogP contribution in [-0.4, -0.2) is 24.7 Å². The smallest absolute Gasteiger partial charge is 0.489 e. The highest BCUT2D eigenvalue weighted by Gasteiger charge is 2.53. The Bertz CT molecular complexity index is 806. The van der Waals surface area contributed by atoms with Gasteiger partial charge in [-0.2, -0.15) is 0 Å². The van der Waals surface area contributed by atoms with E-state index >= 15 is 0 Å². The predicted molar refractivity (Wildman–Crippen MR) is 99.6 cm³/mol. The molecule has 1 heterocycles. The summed E-state index contributed by atoms with van der Waals surface area (Å²) in [4.78, 5) is 0. The Balaban J connectivity index is 1.86. The van der Waals surface area contributed by atoms with Crippen molar-refractivity contribution in [3.8, 4) is 11.5 Å². The fourth-order valence-corrected chi connectivity index (χ4v) is 2.72. The zero-order chi connectivity index (χ0) is 20.6. The molecule has 150 valence electrons. The van der Waals surface area contributed by atoms with E-state index in [0.29, 0.717) is 0 Å². The normalized spacial score (nSPS) is 18.2. The van der Waals surface area contributed by atoms with E-state index in [9.17, 15) is 13.2 Å². The molecular formula is C20H22BF3O4. The SMILES string of the molecule is CC1(C)OB(c2ccc(OCc3ccccc3)cc2OC(F)(F)F)OC1(C)C. The van der Waals surface area contributed by atoms with E-state index in [1.165, 1.54) is 12.1 Å².